The second-order valence-corrected chi connectivity index (χ2v) is 2.83. The highest BCUT2D eigenvalue weighted by atomic mass is 16.5. The van der Waals surface area contributed by atoms with Crippen LogP contribution in [0.1, 0.15) is 40.1 Å². The molecule has 0 atom stereocenters. The van der Waals surface area contributed by atoms with Gasteiger partial charge in [0.2, 0.25) is 0 Å². The van der Waals surface area contributed by atoms with Gasteiger partial charge in [0.25, 0.3) is 0 Å². The first-order valence-electron chi connectivity index (χ1n) is 4.98. The molecule has 0 fully saturated rings. The molecule has 1 N–H and O–H groups in total. The minimum Gasteiger partial charge on any atom is -0.478 e. The van der Waals surface area contributed by atoms with Crippen molar-refractivity contribution in [3.05, 3.63) is 34.9 Å². The fraction of sp³-hybridized carbons (Fsp3) is 0.333. The number of carboxylic acid groups (broad SMARTS) is 1. The molecule has 0 amide bonds. The second-order valence-electron chi connectivity index (χ2n) is 2.83. The van der Waals surface area contributed by atoms with E-state index in [-0.39, 0.29) is 5.56 Å². The van der Waals surface area contributed by atoms with Crippen molar-refractivity contribution in [3.63, 3.8) is 0 Å². The van der Waals surface area contributed by atoms with Gasteiger partial charge in [-0.25, -0.2) is 9.59 Å². The van der Waals surface area contributed by atoms with Crippen LogP contribution in [-0.2, 0) is 4.74 Å². The van der Waals surface area contributed by atoms with Crippen LogP contribution in [0.25, 0.3) is 0 Å². The van der Waals surface area contributed by atoms with E-state index in [4.69, 9.17) is 5.11 Å². The molecule has 1 rings (SSSR count). The van der Waals surface area contributed by atoms with Crippen LogP contribution < -0.4 is 0 Å². The smallest absolute Gasteiger partial charge is 0.338 e. The molecule has 0 spiro atoms. The molecule has 0 aromatic heterocycles. The van der Waals surface area contributed by atoms with Crippen LogP contribution in [0.2, 0.25) is 0 Å². The van der Waals surface area contributed by atoms with E-state index in [1.54, 1.807) is 6.92 Å². The van der Waals surface area contributed by atoms with Crippen molar-refractivity contribution >= 4 is 11.9 Å². The van der Waals surface area contributed by atoms with Gasteiger partial charge in [-0.2, -0.15) is 0 Å². The maximum Gasteiger partial charge on any atom is 0.338 e. The number of methoxy groups -OCH3 is 1. The summed E-state index contributed by atoms with van der Waals surface area (Å²) in [6.45, 7) is 5.67. The molecule has 16 heavy (non-hydrogen) atoms. The Morgan fingerprint density at radius 2 is 1.81 bits per heavy atom. The molecular formula is C12H16O4. The number of esters is 1. The Hall–Kier alpha value is -1.84. The summed E-state index contributed by atoms with van der Waals surface area (Å²) in [4.78, 5) is 21.7. The fourth-order valence-electron chi connectivity index (χ4n) is 1.14. The normalized spacial score (nSPS) is 8.75. The average Bonchev–Trinajstić information content (AvgIpc) is 2.30. The predicted molar refractivity (Wildman–Crippen MR) is 60.8 cm³/mol. The number of aromatic carboxylic acids is 1. The number of ether oxygens (including phenoxy) is 1. The third-order valence-corrected chi connectivity index (χ3v) is 1.88. The molecule has 1 aromatic carbocycles. The topological polar surface area (TPSA) is 63.6 Å². The third kappa shape index (κ3) is 3.38. The molecule has 0 saturated heterocycles. The molecule has 0 saturated carbocycles. The van der Waals surface area contributed by atoms with Crippen LogP contribution in [0.4, 0.5) is 0 Å². The van der Waals surface area contributed by atoms with Crippen molar-refractivity contribution in [1.29, 1.82) is 0 Å². The Morgan fingerprint density at radius 3 is 2.19 bits per heavy atom. The molecule has 88 valence electrons. The quantitative estimate of drug-likeness (QED) is 0.784. The maximum atomic E-state index is 11.1. The lowest BCUT2D eigenvalue weighted by atomic mass is 10.1. The van der Waals surface area contributed by atoms with Crippen molar-refractivity contribution in [2.75, 3.05) is 7.11 Å². The number of carbonyl (C=O) groups is 2. The highest BCUT2D eigenvalue weighted by Gasteiger charge is 2.11. The number of carboxylic acids is 1. The summed E-state index contributed by atoms with van der Waals surface area (Å²) in [7, 11) is 1.28. The first kappa shape index (κ1) is 14.2. The maximum absolute atomic E-state index is 11.1. The van der Waals surface area contributed by atoms with Gasteiger partial charge in [0, 0.05) is 0 Å². The summed E-state index contributed by atoms with van der Waals surface area (Å²) in [5.41, 5.74) is 1.14. The molecule has 4 heteroatoms. The van der Waals surface area contributed by atoms with Gasteiger partial charge in [0.1, 0.15) is 0 Å². The Bertz CT molecular complexity index is 383. The van der Waals surface area contributed by atoms with Crippen molar-refractivity contribution in [2.24, 2.45) is 0 Å². The van der Waals surface area contributed by atoms with Crippen LogP contribution in [0.5, 0.6) is 0 Å². The molecular weight excluding hydrogens is 208 g/mol. The summed E-state index contributed by atoms with van der Waals surface area (Å²) in [6, 6.07) is 4.26. The molecule has 0 bridgehead atoms. The SMILES string of the molecule is CC.COC(=O)c1ccc(C(=O)O)cc1C. The van der Waals surface area contributed by atoms with Crippen LogP contribution in [0.15, 0.2) is 18.2 Å². The lowest BCUT2D eigenvalue weighted by molar-refractivity contribution is 0.0597. The largest absolute Gasteiger partial charge is 0.478 e. The summed E-state index contributed by atoms with van der Waals surface area (Å²) in [6.07, 6.45) is 0. The highest BCUT2D eigenvalue weighted by molar-refractivity contribution is 5.94. The molecule has 0 aliphatic carbocycles. The van der Waals surface area contributed by atoms with E-state index in [2.05, 4.69) is 4.74 Å². The Labute approximate surface area is 94.9 Å². The predicted octanol–water partition coefficient (Wildman–Crippen LogP) is 2.51. The highest BCUT2D eigenvalue weighted by Crippen LogP contribution is 2.12. The summed E-state index contributed by atoms with van der Waals surface area (Å²) in [5, 5.41) is 8.68. The van der Waals surface area contributed by atoms with E-state index < -0.39 is 11.9 Å². The molecule has 0 aliphatic heterocycles. The Morgan fingerprint density at radius 1 is 1.25 bits per heavy atom. The minimum atomic E-state index is -1.01. The van der Waals surface area contributed by atoms with E-state index in [0.717, 1.165) is 0 Å². The van der Waals surface area contributed by atoms with Gasteiger partial charge < -0.3 is 9.84 Å². The number of benzene rings is 1. The summed E-state index contributed by atoms with van der Waals surface area (Å²) < 4.78 is 4.53. The van der Waals surface area contributed by atoms with Crippen molar-refractivity contribution in [1.82, 2.24) is 0 Å². The first-order chi connectivity index (χ1) is 7.56. The molecule has 4 nitrogen and oxygen atoms in total. The van der Waals surface area contributed by atoms with Gasteiger partial charge in [0.15, 0.2) is 0 Å². The van der Waals surface area contributed by atoms with E-state index >= 15 is 0 Å². The van der Waals surface area contributed by atoms with E-state index in [0.29, 0.717) is 11.1 Å². The molecule has 0 unspecified atom stereocenters. The number of hydrogen-bond acceptors (Lipinski definition) is 3. The van der Waals surface area contributed by atoms with Crippen LogP contribution in [-0.4, -0.2) is 24.2 Å². The van der Waals surface area contributed by atoms with Crippen molar-refractivity contribution in [3.8, 4) is 0 Å². The standard InChI is InChI=1S/C10H10O4.C2H6/c1-6-5-7(9(11)12)3-4-8(6)10(13)14-2;1-2/h3-5H,1-2H3,(H,11,12);1-2H3. The number of aryl methyl sites for hydroxylation is 1. The van der Waals surface area contributed by atoms with Crippen molar-refractivity contribution in [2.45, 2.75) is 20.8 Å². The minimum absolute atomic E-state index is 0.162. The zero-order valence-electron chi connectivity index (χ0n) is 9.90. The molecule has 1 aromatic rings. The van der Waals surface area contributed by atoms with Gasteiger partial charge in [-0.05, 0) is 30.7 Å². The average molecular weight is 224 g/mol. The van der Waals surface area contributed by atoms with Crippen LogP contribution in [0, 0.1) is 6.92 Å². The Balaban J connectivity index is 0.00000106. The van der Waals surface area contributed by atoms with Gasteiger partial charge in [-0.3, -0.25) is 0 Å². The summed E-state index contributed by atoms with van der Waals surface area (Å²) >= 11 is 0. The lowest BCUT2D eigenvalue weighted by Gasteiger charge is -2.03. The Kier molecular flexibility index (Phi) is 5.85. The first-order valence-corrected chi connectivity index (χ1v) is 4.98. The zero-order valence-corrected chi connectivity index (χ0v) is 9.90. The van der Waals surface area contributed by atoms with Crippen LogP contribution in [0.3, 0.4) is 0 Å². The monoisotopic (exact) mass is 224 g/mol. The lowest BCUT2D eigenvalue weighted by Crippen LogP contribution is -2.05. The second kappa shape index (κ2) is 6.61. The summed E-state index contributed by atoms with van der Waals surface area (Å²) in [5.74, 6) is -1.47. The number of carbonyl (C=O) groups excluding carboxylic acids is 1. The van der Waals surface area contributed by atoms with Gasteiger partial charge in [0.05, 0.1) is 18.2 Å². The van der Waals surface area contributed by atoms with Crippen LogP contribution >= 0.6 is 0 Å². The third-order valence-electron chi connectivity index (χ3n) is 1.88. The molecule has 0 heterocycles. The van der Waals surface area contributed by atoms with E-state index in [1.807, 2.05) is 13.8 Å². The van der Waals surface area contributed by atoms with Gasteiger partial charge in [-0.15, -0.1) is 0 Å². The molecule has 0 radical (unpaired) electrons. The van der Waals surface area contributed by atoms with Crippen molar-refractivity contribution < 1.29 is 19.4 Å². The number of rotatable bonds is 2. The van der Waals surface area contributed by atoms with Gasteiger partial charge >= 0.3 is 11.9 Å². The fourth-order valence-corrected chi connectivity index (χ4v) is 1.14. The van der Waals surface area contributed by atoms with Gasteiger partial charge in [-0.1, -0.05) is 13.8 Å². The number of hydrogen-bond donors (Lipinski definition) is 1. The van der Waals surface area contributed by atoms with E-state index in [9.17, 15) is 9.59 Å². The van der Waals surface area contributed by atoms with E-state index in [1.165, 1.54) is 25.3 Å². The zero-order chi connectivity index (χ0) is 12.7. The molecule has 0 aliphatic rings.